The Hall–Kier alpha value is -4.89. The Morgan fingerprint density at radius 2 is 1.63 bits per heavy atom. The van der Waals surface area contributed by atoms with Gasteiger partial charge in [-0.1, -0.05) is 54.1 Å². The van der Waals surface area contributed by atoms with Crippen LogP contribution in [0.4, 0.5) is 5.69 Å². The summed E-state index contributed by atoms with van der Waals surface area (Å²) >= 11 is 3.23. The summed E-state index contributed by atoms with van der Waals surface area (Å²) < 4.78 is 5.76. The first kappa shape index (κ1) is 29.8. The molecular weight excluding hydrogens is 650 g/mol. The van der Waals surface area contributed by atoms with Crippen molar-refractivity contribution < 1.29 is 33.8 Å². The summed E-state index contributed by atoms with van der Waals surface area (Å²) in [6.45, 7) is 2.10. The first-order valence-corrected chi connectivity index (χ1v) is 15.9. The van der Waals surface area contributed by atoms with E-state index in [0.717, 1.165) is 5.57 Å². The molecule has 9 heteroatoms. The molecule has 0 aromatic heterocycles. The van der Waals surface area contributed by atoms with Crippen molar-refractivity contribution in [1.82, 2.24) is 0 Å². The van der Waals surface area contributed by atoms with Crippen LogP contribution in [0.1, 0.15) is 47.2 Å². The maximum Gasteiger partial charge on any atom is 0.238 e. The number of halogens is 1. The van der Waals surface area contributed by atoms with Crippen molar-refractivity contribution >= 4 is 50.8 Å². The molecule has 1 heterocycles. The largest absolute Gasteiger partial charge is 0.504 e. The topological polar surface area (TPSA) is 118 Å². The number of phenols is 1. The van der Waals surface area contributed by atoms with Gasteiger partial charge in [-0.25, -0.2) is 0 Å². The molecule has 1 aliphatic heterocycles. The minimum Gasteiger partial charge on any atom is -0.504 e. The number of ketones is 3. The van der Waals surface area contributed by atoms with Crippen molar-refractivity contribution in [2.24, 2.45) is 17.8 Å². The molecule has 230 valence electrons. The molecule has 1 saturated heterocycles. The second-order valence-corrected chi connectivity index (χ2v) is 12.6. The van der Waals surface area contributed by atoms with E-state index in [9.17, 15) is 29.1 Å². The Labute approximate surface area is 273 Å². The molecule has 0 spiro atoms. The summed E-state index contributed by atoms with van der Waals surface area (Å²) in [5, 5.41) is 11.3. The van der Waals surface area contributed by atoms with Gasteiger partial charge < -0.3 is 9.84 Å². The smallest absolute Gasteiger partial charge is 0.238 e. The van der Waals surface area contributed by atoms with Crippen LogP contribution in [0.15, 0.2) is 106 Å². The van der Waals surface area contributed by atoms with E-state index in [-0.39, 0.29) is 63.2 Å². The van der Waals surface area contributed by atoms with Crippen molar-refractivity contribution in [1.29, 1.82) is 0 Å². The SMILES string of the molecule is CCOc1cccc([C@H]2C3=CC[C@@H]4C(=O)N(c5ccc(C(=O)c6ccccc6)cc5)C(=O)[C@@H]4[C@@H]3CC3=C2C(=O)C=C(Br)C3=O)c1O. The second-order valence-electron chi connectivity index (χ2n) is 11.8. The Bertz CT molecular complexity index is 1940. The number of phenolic OH excluding ortho intramolecular Hbond substituents is 1. The fourth-order valence-electron chi connectivity index (χ4n) is 7.38. The lowest BCUT2D eigenvalue weighted by Gasteiger charge is -2.42. The van der Waals surface area contributed by atoms with Gasteiger partial charge in [0.05, 0.1) is 28.6 Å². The molecule has 0 saturated carbocycles. The molecule has 0 bridgehead atoms. The van der Waals surface area contributed by atoms with E-state index >= 15 is 0 Å². The third-order valence-electron chi connectivity index (χ3n) is 9.40. The molecule has 7 rings (SSSR count). The number of para-hydroxylation sites is 1. The molecule has 0 radical (unpaired) electrons. The number of nitrogens with zero attached hydrogens (tertiary/aromatic N) is 1. The van der Waals surface area contributed by atoms with Crippen LogP contribution < -0.4 is 9.64 Å². The van der Waals surface area contributed by atoms with Crippen molar-refractivity contribution in [3.8, 4) is 11.5 Å². The van der Waals surface area contributed by atoms with E-state index in [1.165, 1.54) is 11.0 Å². The minimum atomic E-state index is -0.802. The quantitative estimate of drug-likeness (QED) is 0.147. The summed E-state index contributed by atoms with van der Waals surface area (Å²) in [7, 11) is 0. The van der Waals surface area contributed by atoms with Gasteiger partial charge in [0.1, 0.15) is 0 Å². The molecule has 3 aliphatic carbocycles. The van der Waals surface area contributed by atoms with E-state index in [4.69, 9.17) is 4.74 Å². The molecular formula is C37H28BrNO7. The summed E-state index contributed by atoms with van der Waals surface area (Å²) in [6.07, 6.45) is 3.52. The van der Waals surface area contributed by atoms with Gasteiger partial charge in [0.15, 0.2) is 28.8 Å². The Morgan fingerprint density at radius 1 is 0.913 bits per heavy atom. The second kappa shape index (κ2) is 11.5. The predicted octanol–water partition coefficient (Wildman–Crippen LogP) is 5.99. The van der Waals surface area contributed by atoms with Crippen LogP contribution in [-0.2, 0) is 19.2 Å². The number of benzene rings is 3. The van der Waals surface area contributed by atoms with Crippen LogP contribution in [-0.4, -0.2) is 40.9 Å². The van der Waals surface area contributed by atoms with E-state index in [1.54, 1.807) is 73.7 Å². The third kappa shape index (κ3) is 4.60. The molecule has 4 aliphatic rings. The number of Topliss-reactive ketones (excluding diaryl/α,β-unsaturated/α-hetero) is 1. The van der Waals surface area contributed by atoms with Crippen LogP contribution in [0.3, 0.4) is 0 Å². The highest BCUT2D eigenvalue weighted by molar-refractivity contribution is 9.12. The highest BCUT2D eigenvalue weighted by Crippen LogP contribution is 2.57. The summed E-state index contributed by atoms with van der Waals surface area (Å²) in [5.41, 5.74) is 2.98. The van der Waals surface area contributed by atoms with Crippen LogP contribution in [0.2, 0.25) is 0 Å². The fraction of sp³-hybridized carbons (Fsp3) is 0.216. The van der Waals surface area contributed by atoms with Crippen molar-refractivity contribution in [2.75, 3.05) is 11.5 Å². The molecule has 46 heavy (non-hydrogen) atoms. The average molecular weight is 679 g/mol. The maximum absolute atomic E-state index is 14.2. The van der Waals surface area contributed by atoms with E-state index < -0.39 is 29.6 Å². The minimum absolute atomic E-state index is 0.107. The monoisotopic (exact) mass is 677 g/mol. The van der Waals surface area contributed by atoms with Crippen molar-refractivity contribution in [2.45, 2.75) is 25.7 Å². The summed E-state index contributed by atoms with van der Waals surface area (Å²) in [6, 6.07) is 20.3. The number of ether oxygens (including phenoxy) is 1. The van der Waals surface area contributed by atoms with Crippen molar-refractivity contribution in [3.63, 3.8) is 0 Å². The van der Waals surface area contributed by atoms with Crippen LogP contribution in [0.5, 0.6) is 11.5 Å². The zero-order chi connectivity index (χ0) is 32.3. The van der Waals surface area contributed by atoms with Gasteiger partial charge in [-0.3, -0.25) is 28.9 Å². The third-order valence-corrected chi connectivity index (χ3v) is 9.98. The lowest BCUT2D eigenvalue weighted by atomic mass is 9.59. The Balaban J connectivity index is 1.27. The van der Waals surface area contributed by atoms with Gasteiger partial charge in [-0.2, -0.15) is 0 Å². The highest BCUT2D eigenvalue weighted by atomic mass is 79.9. The lowest BCUT2D eigenvalue weighted by Crippen LogP contribution is -2.39. The Morgan fingerprint density at radius 3 is 2.35 bits per heavy atom. The molecule has 4 atom stereocenters. The van der Waals surface area contributed by atoms with Gasteiger partial charge in [-0.05, 0) is 71.9 Å². The number of carbonyl (C=O) groups is 5. The summed E-state index contributed by atoms with van der Waals surface area (Å²) in [4.78, 5) is 69.2. The van der Waals surface area contributed by atoms with Gasteiger partial charge in [0.2, 0.25) is 11.8 Å². The van der Waals surface area contributed by atoms with E-state index in [2.05, 4.69) is 15.9 Å². The standard InChI is InChI=1S/C37H28BrNO7/c1-2-46-29-10-6-9-23(35(29)43)30-22-15-16-24-31(25(22)17-26-32(30)28(40)18-27(38)34(26)42)37(45)39(36(24)44)21-13-11-20(12-14-21)33(41)19-7-4-3-5-8-19/h3-15,18,24-25,30-31,43H,2,16-17H2,1H3/t24-,25+,30+,31-/m0/s1. The average Bonchev–Trinajstić information content (AvgIpc) is 3.33. The van der Waals surface area contributed by atoms with E-state index in [0.29, 0.717) is 29.0 Å². The normalized spacial score (nSPS) is 23.8. The highest BCUT2D eigenvalue weighted by Gasteiger charge is 2.57. The number of aromatic hydroxyl groups is 1. The van der Waals surface area contributed by atoms with Crippen LogP contribution >= 0.6 is 15.9 Å². The predicted molar refractivity (Wildman–Crippen MR) is 173 cm³/mol. The number of imide groups is 1. The van der Waals surface area contributed by atoms with Crippen LogP contribution in [0, 0.1) is 17.8 Å². The summed E-state index contributed by atoms with van der Waals surface area (Å²) in [5.74, 6) is -4.32. The molecule has 8 nitrogen and oxygen atoms in total. The lowest BCUT2D eigenvalue weighted by molar-refractivity contribution is -0.123. The number of amides is 2. The number of hydrogen-bond acceptors (Lipinski definition) is 7. The van der Waals surface area contributed by atoms with Gasteiger partial charge >= 0.3 is 0 Å². The number of rotatable bonds is 6. The number of carbonyl (C=O) groups excluding carboxylic acids is 5. The van der Waals surface area contributed by atoms with Gasteiger partial charge in [0, 0.05) is 39.8 Å². The first-order chi connectivity index (χ1) is 22.2. The molecule has 0 unspecified atom stereocenters. The maximum atomic E-state index is 14.2. The Kier molecular flexibility index (Phi) is 7.44. The molecule has 2 amide bonds. The van der Waals surface area contributed by atoms with Crippen molar-refractivity contribution in [3.05, 3.63) is 123 Å². The molecule has 3 aromatic rings. The molecule has 1 N–H and O–H groups in total. The van der Waals surface area contributed by atoms with Gasteiger partial charge in [-0.15, -0.1) is 0 Å². The van der Waals surface area contributed by atoms with E-state index in [1.807, 2.05) is 12.1 Å². The first-order valence-electron chi connectivity index (χ1n) is 15.1. The number of fused-ring (bicyclic) bond motifs is 3. The zero-order valence-corrected chi connectivity index (χ0v) is 26.3. The van der Waals surface area contributed by atoms with Gasteiger partial charge in [0.25, 0.3) is 0 Å². The molecule has 1 fully saturated rings. The number of allylic oxidation sites excluding steroid dienone is 6. The number of anilines is 1. The zero-order valence-electron chi connectivity index (χ0n) is 24.7. The molecule has 3 aromatic carbocycles. The fourth-order valence-corrected chi connectivity index (χ4v) is 7.83. The number of hydrogen-bond donors (Lipinski definition) is 1. The van der Waals surface area contributed by atoms with Crippen LogP contribution in [0.25, 0.3) is 0 Å².